The number of alkyl halides is 3. The summed E-state index contributed by atoms with van der Waals surface area (Å²) in [6.07, 6.45) is -4.61. The van der Waals surface area contributed by atoms with E-state index < -0.39 is 18.6 Å². The van der Waals surface area contributed by atoms with Crippen molar-refractivity contribution in [1.82, 2.24) is 0 Å². The minimum Gasteiger partial charge on any atom is -0.380 e. The highest BCUT2D eigenvalue weighted by atomic mass is 35.5. The molecule has 0 saturated heterocycles. The van der Waals surface area contributed by atoms with Crippen LogP contribution in [0.3, 0.4) is 0 Å². The molecule has 106 valence electrons. The van der Waals surface area contributed by atoms with Crippen LogP contribution in [0, 0.1) is 17.2 Å². The lowest BCUT2D eigenvalue weighted by molar-refractivity contribution is -0.155. The number of nitrogens with zero attached hydrogens (tertiary/aromatic N) is 3. The van der Waals surface area contributed by atoms with Gasteiger partial charge in [-0.1, -0.05) is 23.2 Å². The second-order valence-corrected chi connectivity index (χ2v) is 5.12. The number of nitriles is 1. The third-order valence-electron chi connectivity index (χ3n) is 2.48. The Morgan fingerprint density at radius 1 is 1.30 bits per heavy atom. The van der Waals surface area contributed by atoms with Crippen LogP contribution in [0.1, 0.15) is 0 Å². The van der Waals surface area contributed by atoms with Gasteiger partial charge >= 0.3 is 6.18 Å². The summed E-state index contributed by atoms with van der Waals surface area (Å²) in [5.74, 6) is -2.14. The molecule has 2 rings (SSSR count). The molecule has 10 heteroatoms. The Morgan fingerprint density at radius 3 is 2.55 bits per heavy atom. The summed E-state index contributed by atoms with van der Waals surface area (Å²) < 4.78 is 45.4. The van der Waals surface area contributed by atoms with E-state index in [0.717, 1.165) is 11.4 Å². The number of hydrogen-bond acceptors (Lipinski definition) is 4. The molecule has 1 aromatic rings. The molecular formula is C10H5Cl2F3N4S. The highest BCUT2D eigenvalue weighted by Crippen LogP contribution is 2.47. The van der Waals surface area contributed by atoms with Crippen molar-refractivity contribution in [3.8, 4) is 6.07 Å². The quantitative estimate of drug-likeness (QED) is 0.869. The maximum Gasteiger partial charge on any atom is 0.406 e. The first-order valence-corrected chi connectivity index (χ1v) is 6.63. The van der Waals surface area contributed by atoms with Crippen LogP contribution in [0.15, 0.2) is 14.8 Å². The second-order valence-electron chi connectivity index (χ2n) is 3.78. The minimum atomic E-state index is -4.61. The summed E-state index contributed by atoms with van der Waals surface area (Å²) in [5, 5.41) is 11.4. The average Bonchev–Trinajstić information content (AvgIpc) is 2.81. The summed E-state index contributed by atoms with van der Waals surface area (Å²) in [4.78, 5) is 0. The Labute approximate surface area is 125 Å². The van der Waals surface area contributed by atoms with Gasteiger partial charge in [0, 0.05) is 6.54 Å². The second kappa shape index (κ2) is 5.60. The Balaban J connectivity index is 2.26. The smallest absolute Gasteiger partial charge is 0.380 e. The van der Waals surface area contributed by atoms with Crippen LogP contribution < -0.4 is 5.32 Å². The minimum absolute atomic E-state index is 0.120. The van der Waals surface area contributed by atoms with Crippen molar-refractivity contribution in [3.63, 3.8) is 0 Å². The predicted molar refractivity (Wildman–Crippen MR) is 71.7 cm³/mol. The van der Waals surface area contributed by atoms with Crippen molar-refractivity contribution in [2.45, 2.75) is 6.18 Å². The van der Waals surface area contributed by atoms with Gasteiger partial charge in [-0.05, 0) is 6.07 Å². The number of nitrogens with one attached hydrogen (secondary N) is 1. The molecule has 1 atom stereocenters. The number of benzene rings is 1. The molecule has 0 fully saturated rings. The summed E-state index contributed by atoms with van der Waals surface area (Å²) in [5.41, 5.74) is 0.819. The first-order chi connectivity index (χ1) is 9.34. The average molecular weight is 341 g/mol. The molecule has 1 aliphatic heterocycles. The van der Waals surface area contributed by atoms with Gasteiger partial charge in [0.15, 0.2) is 5.92 Å². The molecule has 1 N–H and O–H groups in total. The van der Waals surface area contributed by atoms with E-state index in [-0.39, 0.29) is 21.4 Å². The first kappa shape index (κ1) is 15.1. The highest BCUT2D eigenvalue weighted by molar-refractivity contribution is 7.58. The third-order valence-corrected chi connectivity index (χ3v) is 3.59. The van der Waals surface area contributed by atoms with E-state index in [0.29, 0.717) is 5.69 Å². The van der Waals surface area contributed by atoms with E-state index in [1.54, 1.807) is 0 Å². The predicted octanol–water partition coefficient (Wildman–Crippen LogP) is 4.83. The number of halogens is 5. The fourth-order valence-corrected chi connectivity index (χ4v) is 2.66. The molecule has 0 aromatic heterocycles. The van der Waals surface area contributed by atoms with E-state index in [9.17, 15) is 13.2 Å². The van der Waals surface area contributed by atoms with Crippen molar-refractivity contribution in [3.05, 3.63) is 16.1 Å². The molecule has 0 amide bonds. The lowest BCUT2D eigenvalue weighted by Gasteiger charge is -2.16. The lowest BCUT2D eigenvalue weighted by Crippen LogP contribution is -2.28. The van der Waals surface area contributed by atoms with Crippen LogP contribution in [-0.2, 0) is 11.4 Å². The molecular weight excluding hydrogens is 336 g/mol. The van der Waals surface area contributed by atoms with Crippen molar-refractivity contribution in [2.75, 3.05) is 11.9 Å². The molecule has 1 aromatic carbocycles. The van der Waals surface area contributed by atoms with Gasteiger partial charge in [-0.25, -0.2) is 0 Å². The number of hydrogen-bond donors (Lipinski definition) is 1. The molecule has 20 heavy (non-hydrogen) atoms. The number of rotatable bonds is 3. The van der Waals surface area contributed by atoms with Crippen molar-refractivity contribution in [2.24, 2.45) is 14.6 Å². The Hall–Kier alpha value is -1.30. The molecule has 4 nitrogen and oxygen atoms in total. The van der Waals surface area contributed by atoms with Gasteiger partial charge in [-0.2, -0.15) is 27.2 Å². The molecule has 1 unspecified atom stereocenters. The van der Waals surface area contributed by atoms with Crippen molar-refractivity contribution >= 4 is 51.6 Å². The Morgan fingerprint density at radius 2 is 1.95 bits per heavy atom. The zero-order valence-electron chi connectivity index (χ0n) is 9.50. The van der Waals surface area contributed by atoms with Crippen LogP contribution >= 0.6 is 23.2 Å². The van der Waals surface area contributed by atoms with Gasteiger partial charge in [0.2, 0.25) is 0 Å². The van der Waals surface area contributed by atoms with Crippen LogP contribution in [-0.4, -0.2) is 12.7 Å². The molecule has 1 aliphatic rings. The Kier molecular flexibility index (Phi) is 4.22. The third kappa shape index (κ3) is 2.90. The van der Waals surface area contributed by atoms with Crippen LogP contribution in [0.5, 0.6) is 0 Å². The Bertz CT molecular complexity index is 662. The molecule has 0 spiro atoms. The zero-order valence-corrected chi connectivity index (χ0v) is 11.8. The van der Waals surface area contributed by atoms with E-state index in [4.69, 9.17) is 28.5 Å². The van der Waals surface area contributed by atoms with Gasteiger partial charge in [0.25, 0.3) is 0 Å². The van der Waals surface area contributed by atoms with E-state index in [1.807, 2.05) is 0 Å². The SMILES string of the molecule is N#CC(CNc1c(Cl)cc(Cl)c2c1N=S=N2)C(F)(F)F. The van der Waals surface area contributed by atoms with E-state index in [1.165, 1.54) is 12.1 Å². The van der Waals surface area contributed by atoms with Crippen LogP contribution in [0.25, 0.3) is 0 Å². The fraction of sp³-hybridized carbons (Fsp3) is 0.300. The standard InChI is InChI=1S/C10H5Cl2F3N4S/c11-5-1-6(12)8-9(19-20-18-8)7(5)17-3-4(2-16)10(13,14)15/h1,4,17H,3H2. The van der Waals surface area contributed by atoms with Crippen molar-refractivity contribution in [1.29, 1.82) is 5.26 Å². The zero-order chi connectivity index (χ0) is 14.9. The molecule has 0 radical (unpaired) electrons. The maximum atomic E-state index is 12.5. The summed E-state index contributed by atoms with van der Waals surface area (Å²) in [6.45, 7) is -0.631. The fourth-order valence-electron chi connectivity index (χ4n) is 1.48. The summed E-state index contributed by atoms with van der Waals surface area (Å²) in [7, 11) is 0. The molecule has 0 bridgehead atoms. The molecule has 1 heterocycles. The number of anilines is 1. The topological polar surface area (TPSA) is 60.5 Å². The van der Waals surface area contributed by atoms with Gasteiger partial charge in [0.1, 0.15) is 11.4 Å². The van der Waals surface area contributed by atoms with Crippen LogP contribution in [0.4, 0.5) is 30.2 Å². The van der Waals surface area contributed by atoms with E-state index >= 15 is 0 Å². The van der Waals surface area contributed by atoms with Gasteiger partial charge in [-0.3, -0.25) is 0 Å². The van der Waals surface area contributed by atoms with Gasteiger partial charge < -0.3 is 5.32 Å². The largest absolute Gasteiger partial charge is 0.406 e. The molecule has 0 saturated carbocycles. The van der Waals surface area contributed by atoms with Crippen molar-refractivity contribution < 1.29 is 13.2 Å². The normalized spacial score (nSPS) is 14.4. The first-order valence-electron chi connectivity index (χ1n) is 5.15. The summed E-state index contributed by atoms with van der Waals surface area (Å²) >= 11 is 12.7. The monoisotopic (exact) mass is 340 g/mol. The maximum absolute atomic E-state index is 12.5. The highest BCUT2D eigenvalue weighted by Gasteiger charge is 2.40. The van der Waals surface area contributed by atoms with Gasteiger partial charge in [-0.15, -0.1) is 0 Å². The van der Waals surface area contributed by atoms with E-state index in [2.05, 4.69) is 14.0 Å². The number of fused-ring (bicyclic) bond motifs is 1. The van der Waals surface area contributed by atoms with Crippen LogP contribution in [0.2, 0.25) is 10.0 Å². The summed E-state index contributed by atoms with van der Waals surface area (Å²) in [6, 6.07) is 2.56. The molecule has 0 aliphatic carbocycles. The lowest BCUT2D eigenvalue weighted by atomic mass is 10.1. The van der Waals surface area contributed by atoms with Gasteiger partial charge in [0.05, 0.1) is 33.2 Å².